The van der Waals surface area contributed by atoms with E-state index in [0.717, 1.165) is 34.5 Å². The fourth-order valence-corrected chi connectivity index (χ4v) is 4.78. The van der Waals surface area contributed by atoms with Crippen molar-refractivity contribution in [2.45, 2.75) is 65.7 Å². The largest absolute Gasteiger partial charge is 0.444 e. The summed E-state index contributed by atoms with van der Waals surface area (Å²) < 4.78 is 7.35. The number of benzene rings is 2. The Kier molecular flexibility index (Phi) is 6.87. The first-order valence-corrected chi connectivity index (χ1v) is 13.4. The number of anilines is 1. The zero-order chi connectivity index (χ0) is 28.8. The maximum Gasteiger partial charge on any atom is 0.410 e. The van der Waals surface area contributed by atoms with E-state index >= 15 is 0 Å². The lowest BCUT2D eigenvalue weighted by molar-refractivity contribution is 0.0224. The highest BCUT2D eigenvalue weighted by atomic mass is 16.6. The number of nitrogens with zero attached hydrogens (tertiary/aromatic N) is 4. The molecule has 1 aliphatic heterocycles. The van der Waals surface area contributed by atoms with Crippen molar-refractivity contribution < 1.29 is 19.4 Å². The Bertz CT molecular complexity index is 1590. The average Bonchev–Trinajstić information content (AvgIpc) is 3.26. The van der Waals surface area contributed by atoms with E-state index in [4.69, 9.17) is 4.74 Å². The molecular weight excluding hydrogens is 506 g/mol. The highest BCUT2D eigenvalue weighted by Crippen LogP contribution is 2.29. The van der Waals surface area contributed by atoms with Gasteiger partial charge in [-0.1, -0.05) is 24.3 Å². The average molecular weight is 542 g/mol. The van der Waals surface area contributed by atoms with Crippen LogP contribution in [0.4, 0.5) is 10.6 Å². The topological polar surface area (TPSA) is 109 Å². The van der Waals surface area contributed by atoms with Gasteiger partial charge in [-0.3, -0.25) is 4.79 Å². The summed E-state index contributed by atoms with van der Waals surface area (Å²) in [5.41, 5.74) is 4.93. The van der Waals surface area contributed by atoms with E-state index in [0.29, 0.717) is 30.1 Å². The fraction of sp³-hybridized carbons (Fsp3) is 0.355. The van der Waals surface area contributed by atoms with Gasteiger partial charge >= 0.3 is 6.09 Å². The molecular formula is C31H35N5O4. The third-order valence-corrected chi connectivity index (χ3v) is 6.81. The Hall–Kier alpha value is -4.24. The molecule has 0 spiro atoms. The van der Waals surface area contributed by atoms with Crippen molar-refractivity contribution in [2.24, 2.45) is 0 Å². The second kappa shape index (κ2) is 10.1. The number of carbonyl (C=O) groups is 2. The number of hydrogen-bond donors (Lipinski definition) is 2. The highest BCUT2D eigenvalue weighted by molar-refractivity contribution is 6.04. The van der Waals surface area contributed by atoms with Crippen LogP contribution in [0.2, 0.25) is 0 Å². The van der Waals surface area contributed by atoms with Crippen LogP contribution in [0.5, 0.6) is 0 Å². The van der Waals surface area contributed by atoms with Crippen molar-refractivity contribution in [3.63, 3.8) is 0 Å². The summed E-state index contributed by atoms with van der Waals surface area (Å²) in [7, 11) is 0. The molecule has 0 fully saturated rings. The van der Waals surface area contributed by atoms with E-state index in [1.807, 2.05) is 39.8 Å². The van der Waals surface area contributed by atoms with E-state index in [-0.39, 0.29) is 12.0 Å². The monoisotopic (exact) mass is 541 g/mol. The Morgan fingerprint density at radius 1 is 0.975 bits per heavy atom. The third kappa shape index (κ3) is 5.84. The van der Waals surface area contributed by atoms with Gasteiger partial charge in [0.05, 0.1) is 17.0 Å². The smallest absolute Gasteiger partial charge is 0.410 e. The summed E-state index contributed by atoms with van der Waals surface area (Å²) in [6.45, 7) is 11.9. The van der Waals surface area contributed by atoms with E-state index < -0.39 is 11.2 Å². The predicted molar refractivity (Wildman–Crippen MR) is 153 cm³/mol. The maximum atomic E-state index is 13.1. The first kappa shape index (κ1) is 27.3. The lowest BCUT2D eigenvalue weighted by Gasteiger charge is -2.31. The van der Waals surface area contributed by atoms with Gasteiger partial charge in [-0.25, -0.2) is 14.3 Å². The van der Waals surface area contributed by atoms with Gasteiger partial charge in [-0.05, 0) is 82.9 Å². The Morgan fingerprint density at radius 2 is 1.70 bits per heavy atom. The molecule has 0 unspecified atom stereocenters. The van der Waals surface area contributed by atoms with Gasteiger partial charge in [-0.15, -0.1) is 0 Å². The molecule has 0 atom stereocenters. The van der Waals surface area contributed by atoms with E-state index in [2.05, 4.69) is 27.5 Å². The Morgan fingerprint density at radius 3 is 2.38 bits per heavy atom. The van der Waals surface area contributed by atoms with E-state index in [1.165, 1.54) is 5.56 Å². The minimum atomic E-state index is -0.991. The van der Waals surface area contributed by atoms with Gasteiger partial charge in [-0.2, -0.15) is 5.10 Å². The molecule has 2 aromatic heterocycles. The summed E-state index contributed by atoms with van der Waals surface area (Å²) in [6.07, 6.45) is 0.424. The molecule has 9 nitrogen and oxygen atoms in total. The van der Waals surface area contributed by atoms with E-state index in [1.54, 1.807) is 53.6 Å². The standard InChI is InChI=1S/C31H35N5O4/c1-19-15-27-32-26(33-28(37)21-9-11-24(12-10-21)31(5,6)39)17-25(36(27)34-19)22-8-7-20-13-14-35(18-23(20)16-22)29(38)40-30(2,3)4/h7-12,15-17,39H,13-14,18H2,1-6H3,(H,32,33,37). The number of aliphatic hydroxyl groups is 1. The van der Waals surface area contributed by atoms with Gasteiger partial charge < -0.3 is 20.1 Å². The molecule has 3 heterocycles. The van der Waals surface area contributed by atoms with Gasteiger partial charge in [0.1, 0.15) is 11.4 Å². The second-order valence-corrected chi connectivity index (χ2v) is 11.8. The number of fused-ring (bicyclic) bond motifs is 2. The van der Waals surface area contributed by atoms with Crippen molar-refractivity contribution in [3.05, 3.63) is 82.5 Å². The molecule has 2 amide bonds. The molecule has 208 valence electrons. The molecule has 9 heteroatoms. The van der Waals surface area contributed by atoms with Gasteiger partial charge in [0.2, 0.25) is 0 Å². The zero-order valence-corrected chi connectivity index (χ0v) is 23.8. The summed E-state index contributed by atoms with van der Waals surface area (Å²) in [5, 5.41) is 17.8. The van der Waals surface area contributed by atoms with Crippen molar-refractivity contribution in [1.29, 1.82) is 0 Å². The Labute approximate surface area is 233 Å². The van der Waals surface area contributed by atoms with E-state index in [9.17, 15) is 14.7 Å². The number of nitrogens with one attached hydrogen (secondary N) is 1. The number of rotatable bonds is 4. The van der Waals surface area contributed by atoms with Crippen molar-refractivity contribution in [3.8, 4) is 11.3 Å². The summed E-state index contributed by atoms with van der Waals surface area (Å²) in [4.78, 5) is 32.1. The molecule has 1 aliphatic rings. The van der Waals surface area contributed by atoms with Gasteiger partial charge in [0, 0.05) is 36.3 Å². The molecule has 0 radical (unpaired) electrons. The minimum absolute atomic E-state index is 0.306. The summed E-state index contributed by atoms with van der Waals surface area (Å²) >= 11 is 0. The first-order valence-electron chi connectivity index (χ1n) is 13.4. The molecule has 40 heavy (non-hydrogen) atoms. The van der Waals surface area contributed by atoms with Crippen LogP contribution < -0.4 is 5.32 Å². The normalized spacial score (nSPS) is 13.7. The SMILES string of the molecule is Cc1cc2nc(NC(=O)c3ccc(C(C)(C)O)cc3)cc(-c3ccc4c(c3)CN(C(=O)OC(C)(C)C)CC4)n2n1. The summed E-state index contributed by atoms with van der Waals surface area (Å²) in [5.74, 6) is 0.0897. The van der Waals surface area contributed by atoms with Crippen molar-refractivity contribution >= 4 is 23.5 Å². The van der Waals surface area contributed by atoms with Gasteiger partial charge in [0.15, 0.2) is 5.65 Å². The van der Waals surface area contributed by atoms with Crippen LogP contribution in [0.1, 0.15) is 67.4 Å². The minimum Gasteiger partial charge on any atom is -0.444 e. The molecule has 0 saturated heterocycles. The quantitative estimate of drug-likeness (QED) is 0.354. The van der Waals surface area contributed by atoms with Crippen LogP contribution in [0.25, 0.3) is 16.9 Å². The molecule has 2 aromatic carbocycles. The summed E-state index contributed by atoms with van der Waals surface area (Å²) in [6, 6.07) is 16.7. The number of ether oxygens (including phenoxy) is 1. The number of carbonyl (C=O) groups excluding carboxylic acids is 2. The number of aromatic nitrogens is 3. The van der Waals surface area contributed by atoms with Gasteiger partial charge in [0.25, 0.3) is 5.91 Å². The molecule has 5 rings (SSSR count). The van der Waals surface area contributed by atoms with Crippen LogP contribution >= 0.6 is 0 Å². The molecule has 4 aromatic rings. The van der Waals surface area contributed by atoms with Crippen LogP contribution in [0.3, 0.4) is 0 Å². The van der Waals surface area contributed by atoms with Crippen LogP contribution in [0, 0.1) is 6.92 Å². The number of aryl methyl sites for hydroxylation is 1. The lowest BCUT2D eigenvalue weighted by atomic mass is 9.96. The molecule has 0 saturated carbocycles. The number of hydrogen-bond acceptors (Lipinski definition) is 6. The predicted octanol–water partition coefficient (Wildman–Crippen LogP) is 5.48. The van der Waals surface area contributed by atoms with Crippen molar-refractivity contribution in [1.82, 2.24) is 19.5 Å². The van der Waals surface area contributed by atoms with Crippen LogP contribution in [-0.2, 0) is 23.3 Å². The number of amides is 2. The Balaban J connectivity index is 1.45. The molecule has 2 N–H and O–H groups in total. The highest BCUT2D eigenvalue weighted by Gasteiger charge is 2.26. The van der Waals surface area contributed by atoms with Crippen LogP contribution in [-0.4, -0.2) is 48.8 Å². The zero-order valence-electron chi connectivity index (χ0n) is 23.8. The second-order valence-electron chi connectivity index (χ2n) is 11.8. The third-order valence-electron chi connectivity index (χ3n) is 6.81. The van der Waals surface area contributed by atoms with Crippen LogP contribution in [0.15, 0.2) is 54.6 Å². The lowest BCUT2D eigenvalue weighted by Crippen LogP contribution is -2.39. The first-order chi connectivity index (χ1) is 18.8. The van der Waals surface area contributed by atoms with Crippen molar-refractivity contribution in [2.75, 3.05) is 11.9 Å². The molecule has 0 bridgehead atoms. The maximum absolute atomic E-state index is 13.1. The molecule has 0 aliphatic carbocycles. The fourth-order valence-electron chi connectivity index (χ4n) is 4.78.